The molecule has 0 spiro atoms. The van der Waals surface area contributed by atoms with Crippen molar-refractivity contribution >= 4 is 11.8 Å². The molecule has 5 heteroatoms. The van der Waals surface area contributed by atoms with Crippen LogP contribution in [0.4, 0.5) is 0 Å². The van der Waals surface area contributed by atoms with Gasteiger partial charge in [0.1, 0.15) is 0 Å². The molecule has 2 aromatic heterocycles. The maximum absolute atomic E-state index is 4.49. The number of aromatic nitrogens is 4. The van der Waals surface area contributed by atoms with Crippen LogP contribution in [0.15, 0.2) is 84.3 Å². The summed E-state index contributed by atoms with van der Waals surface area (Å²) < 4.78 is 2.30. The van der Waals surface area contributed by atoms with Gasteiger partial charge in [-0.2, -0.15) is 0 Å². The molecule has 0 saturated heterocycles. The molecular formula is C23H20N4S. The van der Waals surface area contributed by atoms with Gasteiger partial charge in [-0.3, -0.25) is 9.55 Å². The fraction of sp³-hybridized carbons (Fsp3) is 0.174. The van der Waals surface area contributed by atoms with Crippen molar-refractivity contribution in [3.8, 4) is 22.5 Å². The third-order valence-corrected chi connectivity index (χ3v) is 5.96. The van der Waals surface area contributed by atoms with Crippen LogP contribution < -0.4 is 0 Å². The first-order valence-electron chi connectivity index (χ1n) is 9.51. The minimum absolute atomic E-state index is 0.529. The van der Waals surface area contributed by atoms with Crippen LogP contribution in [0.3, 0.4) is 0 Å². The van der Waals surface area contributed by atoms with Gasteiger partial charge in [0.15, 0.2) is 11.0 Å². The maximum Gasteiger partial charge on any atom is 0.192 e. The lowest BCUT2D eigenvalue weighted by Crippen LogP contribution is -1.99. The quantitative estimate of drug-likeness (QED) is 0.404. The number of nitrogens with zero attached hydrogens (tertiary/aromatic N) is 4. The van der Waals surface area contributed by atoms with E-state index in [0.717, 1.165) is 22.3 Å². The number of hydrogen-bond acceptors (Lipinski definition) is 4. The highest BCUT2D eigenvalue weighted by atomic mass is 32.2. The molecule has 1 aliphatic carbocycles. The predicted octanol–water partition coefficient (Wildman–Crippen LogP) is 5.63. The van der Waals surface area contributed by atoms with Crippen molar-refractivity contribution < 1.29 is 0 Å². The Bertz CT molecular complexity index is 1050. The lowest BCUT2D eigenvalue weighted by molar-refractivity contribution is 0.669. The smallest absolute Gasteiger partial charge is 0.192 e. The fourth-order valence-electron chi connectivity index (χ4n) is 3.31. The average molecular weight is 385 g/mol. The molecule has 1 aliphatic rings. The van der Waals surface area contributed by atoms with Crippen molar-refractivity contribution in [2.45, 2.75) is 29.8 Å². The van der Waals surface area contributed by atoms with Crippen molar-refractivity contribution in [2.24, 2.45) is 0 Å². The molecule has 0 aliphatic heterocycles. The lowest BCUT2D eigenvalue weighted by atomic mass is 10.0. The molecule has 1 saturated carbocycles. The van der Waals surface area contributed by atoms with Gasteiger partial charge in [-0.1, -0.05) is 66.4 Å². The zero-order valence-electron chi connectivity index (χ0n) is 15.4. The Morgan fingerprint density at radius 2 is 1.50 bits per heavy atom. The molecule has 0 N–H and O–H groups in total. The Morgan fingerprint density at radius 3 is 2.21 bits per heavy atom. The van der Waals surface area contributed by atoms with E-state index in [4.69, 9.17) is 0 Å². The minimum atomic E-state index is 0.529. The van der Waals surface area contributed by atoms with Crippen LogP contribution in [-0.4, -0.2) is 19.7 Å². The van der Waals surface area contributed by atoms with Crippen LogP contribution in [0.25, 0.3) is 22.5 Å². The van der Waals surface area contributed by atoms with Gasteiger partial charge >= 0.3 is 0 Å². The van der Waals surface area contributed by atoms with E-state index < -0.39 is 0 Å². The van der Waals surface area contributed by atoms with Crippen LogP contribution in [0.2, 0.25) is 0 Å². The molecular weight excluding hydrogens is 364 g/mol. The highest BCUT2D eigenvalue weighted by Crippen LogP contribution is 2.41. The summed E-state index contributed by atoms with van der Waals surface area (Å²) in [5.74, 6) is 1.84. The summed E-state index contributed by atoms with van der Waals surface area (Å²) in [5.41, 5.74) is 4.86. The molecule has 2 heterocycles. The summed E-state index contributed by atoms with van der Waals surface area (Å²) in [6.45, 7) is 0. The van der Waals surface area contributed by atoms with Crippen LogP contribution in [-0.2, 0) is 5.75 Å². The molecule has 0 unspecified atom stereocenters. The molecule has 0 amide bonds. The van der Waals surface area contributed by atoms with E-state index in [2.05, 4.69) is 68.3 Å². The molecule has 0 radical (unpaired) electrons. The Kier molecular flexibility index (Phi) is 4.67. The highest BCUT2D eigenvalue weighted by molar-refractivity contribution is 7.98. The Hall–Kier alpha value is -2.92. The number of thioether (sulfide) groups is 1. The largest absolute Gasteiger partial charge is 0.299 e. The lowest BCUT2D eigenvalue weighted by Gasteiger charge is -2.09. The van der Waals surface area contributed by atoms with Gasteiger partial charge < -0.3 is 0 Å². The van der Waals surface area contributed by atoms with Crippen LogP contribution in [0.5, 0.6) is 0 Å². The van der Waals surface area contributed by atoms with E-state index >= 15 is 0 Å². The number of rotatable bonds is 6. The first kappa shape index (κ1) is 17.2. The number of benzene rings is 2. The topological polar surface area (TPSA) is 43.6 Å². The van der Waals surface area contributed by atoms with Gasteiger partial charge in [0.2, 0.25) is 0 Å². The zero-order chi connectivity index (χ0) is 18.8. The van der Waals surface area contributed by atoms with E-state index in [1.807, 2.05) is 30.6 Å². The summed E-state index contributed by atoms with van der Waals surface area (Å²) in [5, 5.41) is 9.97. The average Bonchev–Trinajstić information content (AvgIpc) is 3.52. The van der Waals surface area contributed by atoms with Crippen molar-refractivity contribution in [3.05, 3.63) is 84.7 Å². The standard InChI is InChI=1S/C23H20N4S/c1-2-4-18(5-3-1)19-8-6-17(7-9-19)16-28-23-26-25-22(27(23)21-10-11-21)20-12-14-24-15-13-20/h1-9,12-15,21H,10-11,16H2. The highest BCUT2D eigenvalue weighted by Gasteiger charge is 2.30. The first-order valence-corrected chi connectivity index (χ1v) is 10.5. The summed E-state index contributed by atoms with van der Waals surface area (Å²) in [6.07, 6.45) is 6.02. The second-order valence-corrected chi connectivity index (χ2v) is 7.94. The molecule has 138 valence electrons. The van der Waals surface area contributed by atoms with Gasteiger partial charge in [0.25, 0.3) is 0 Å². The van der Waals surface area contributed by atoms with E-state index in [9.17, 15) is 0 Å². The second kappa shape index (κ2) is 7.60. The van der Waals surface area contributed by atoms with Gasteiger partial charge in [-0.05, 0) is 41.7 Å². The van der Waals surface area contributed by atoms with E-state index in [-0.39, 0.29) is 0 Å². The van der Waals surface area contributed by atoms with Crippen molar-refractivity contribution in [2.75, 3.05) is 0 Å². The first-order chi connectivity index (χ1) is 13.9. The zero-order valence-corrected chi connectivity index (χ0v) is 16.2. The van der Waals surface area contributed by atoms with Crippen molar-refractivity contribution in [1.29, 1.82) is 0 Å². The van der Waals surface area contributed by atoms with E-state index in [0.29, 0.717) is 6.04 Å². The van der Waals surface area contributed by atoms with Gasteiger partial charge in [0, 0.05) is 29.8 Å². The summed E-state index contributed by atoms with van der Waals surface area (Å²) >= 11 is 1.76. The monoisotopic (exact) mass is 384 g/mol. The third-order valence-electron chi connectivity index (χ3n) is 4.94. The second-order valence-electron chi connectivity index (χ2n) is 6.99. The normalized spacial score (nSPS) is 13.6. The number of pyridine rings is 1. The van der Waals surface area contributed by atoms with Crippen molar-refractivity contribution in [1.82, 2.24) is 19.7 Å². The summed E-state index contributed by atoms with van der Waals surface area (Å²) in [6, 6.07) is 23.8. The predicted molar refractivity (Wildman–Crippen MR) is 113 cm³/mol. The van der Waals surface area contributed by atoms with Crippen molar-refractivity contribution in [3.63, 3.8) is 0 Å². The Morgan fingerprint density at radius 1 is 0.786 bits per heavy atom. The van der Waals surface area contributed by atoms with Crippen LogP contribution >= 0.6 is 11.8 Å². The van der Waals surface area contributed by atoms with Gasteiger partial charge in [0.05, 0.1) is 0 Å². The molecule has 4 nitrogen and oxygen atoms in total. The minimum Gasteiger partial charge on any atom is -0.299 e. The number of hydrogen-bond donors (Lipinski definition) is 0. The molecule has 0 bridgehead atoms. The van der Waals surface area contributed by atoms with E-state index in [1.54, 1.807) is 11.8 Å². The van der Waals surface area contributed by atoms with Gasteiger partial charge in [-0.15, -0.1) is 10.2 Å². The van der Waals surface area contributed by atoms with E-state index in [1.165, 1.54) is 29.5 Å². The molecule has 1 fully saturated rings. The summed E-state index contributed by atoms with van der Waals surface area (Å²) in [7, 11) is 0. The summed E-state index contributed by atoms with van der Waals surface area (Å²) in [4.78, 5) is 4.11. The Balaban J connectivity index is 1.34. The molecule has 4 aromatic rings. The maximum atomic E-state index is 4.49. The Labute approximate surface area is 168 Å². The molecule has 28 heavy (non-hydrogen) atoms. The fourth-order valence-corrected chi connectivity index (χ4v) is 4.27. The molecule has 5 rings (SSSR count). The third kappa shape index (κ3) is 3.58. The SMILES string of the molecule is c1ccc(-c2ccc(CSc3nnc(-c4ccncc4)n3C3CC3)cc2)cc1. The molecule has 2 aromatic carbocycles. The van der Waals surface area contributed by atoms with Gasteiger partial charge in [-0.25, -0.2) is 0 Å². The van der Waals surface area contributed by atoms with Crippen LogP contribution in [0.1, 0.15) is 24.4 Å². The van der Waals surface area contributed by atoms with Crippen LogP contribution in [0, 0.1) is 0 Å². The molecule has 0 atom stereocenters.